The molecule has 0 aromatic heterocycles. The van der Waals surface area contributed by atoms with Crippen molar-refractivity contribution in [2.45, 2.75) is 89.6 Å². The van der Waals surface area contributed by atoms with Crippen LogP contribution in [0.3, 0.4) is 0 Å². The second kappa shape index (κ2) is 8.30. The number of nitrogens with two attached hydrogens (primary N) is 1. The van der Waals surface area contributed by atoms with Crippen molar-refractivity contribution in [3.8, 4) is 0 Å². The molecule has 0 saturated carbocycles. The summed E-state index contributed by atoms with van der Waals surface area (Å²) in [7, 11) is 0. The van der Waals surface area contributed by atoms with Gasteiger partial charge in [-0.3, -0.25) is 16.2 Å². The number of hydrazine groups is 1. The SMILES string of the molecule is CCC(CC)(C(NN)C1=CCCCCCC1)N1CCCC1. The lowest BCUT2D eigenvalue weighted by atomic mass is 9.77. The standard InChI is InChI=1S/C18H35N3/c1-3-18(4-2,21-14-10-11-15-21)17(20-19)16-12-8-6-5-7-9-13-16/h12,17,20H,3-11,13-15,19H2,1-2H3. The Kier molecular flexibility index (Phi) is 6.72. The van der Waals surface area contributed by atoms with Gasteiger partial charge in [0.1, 0.15) is 0 Å². The Balaban J connectivity index is 2.25. The minimum Gasteiger partial charge on any atom is -0.296 e. The predicted octanol–water partition coefficient (Wildman–Crippen LogP) is 3.75. The average Bonchev–Trinajstić information content (AvgIpc) is 3.00. The van der Waals surface area contributed by atoms with E-state index in [1.807, 2.05) is 0 Å². The van der Waals surface area contributed by atoms with Gasteiger partial charge in [-0.25, -0.2) is 0 Å². The molecule has 1 fully saturated rings. The maximum atomic E-state index is 6.08. The summed E-state index contributed by atoms with van der Waals surface area (Å²) in [6, 6.07) is 0.323. The van der Waals surface area contributed by atoms with Gasteiger partial charge in [0, 0.05) is 5.54 Å². The largest absolute Gasteiger partial charge is 0.296 e. The molecule has 0 radical (unpaired) electrons. The van der Waals surface area contributed by atoms with Gasteiger partial charge in [-0.2, -0.15) is 0 Å². The number of likely N-dealkylation sites (tertiary alicyclic amines) is 1. The van der Waals surface area contributed by atoms with E-state index >= 15 is 0 Å². The van der Waals surface area contributed by atoms with Gasteiger partial charge in [0.2, 0.25) is 0 Å². The van der Waals surface area contributed by atoms with E-state index in [0.717, 1.165) is 0 Å². The molecule has 1 aliphatic carbocycles. The minimum atomic E-state index is 0.205. The van der Waals surface area contributed by atoms with E-state index in [1.165, 1.54) is 77.3 Å². The summed E-state index contributed by atoms with van der Waals surface area (Å²) in [5.41, 5.74) is 5.01. The Morgan fingerprint density at radius 3 is 2.38 bits per heavy atom. The van der Waals surface area contributed by atoms with Crippen molar-refractivity contribution in [3.63, 3.8) is 0 Å². The quantitative estimate of drug-likeness (QED) is 0.445. The normalized spacial score (nSPS) is 23.5. The summed E-state index contributed by atoms with van der Waals surface area (Å²) in [5, 5.41) is 0. The molecule has 0 aromatic carbocycles. The average molecular weight is 293 g/mol. The van der Waals surface area contributed by atoms with Crippen LogP contribution in [-0.4, -0.2) is 29.6 Å². The molecule has 1 heterocycles. The van der Waals surface area contributed by atoms with Crippen molar-refractivity contribution in [2.75, 3.05) is 13.1 Å². The lowest BCUT2D eigenvalue weighted by molar-refractivity contribution is 0.0734. The molecule has 3 nitrogen and oxygen atoms in total. The van der Waals surface area contributed by atoms with Gasteiger partial charge in [0.15, 0.2) is 0 Å². The van der Waals surface area contributed by atoms with Crippen molar-refractivity contribution in [2.24, 2.45) is 5.84 Å². The number of hydrogen-bond donors (Lipinski definition) is 2. The van der Waals surface area contributed by atoms with Crippen LogP contribution in [0.15, 0.2) is 11.6 Å². The Labute approximate surface area is 131 Å². The highest BCUT2D eigenvalue weighted by Gasteiger charge is 2.42. The summed E-state index contributed by atoms with van der Waals surface area (Å²) in [4.78, 5) is 2.72. The predicted molar refractivity (Wildman–Crippen MR) is 91.0 cm³/mol. The zero-order chi connectivity index (χ0) is 15.1. The summed E-state index contributed by atoms with van der Waals surface area (Å²) in [6.07, 6.45) is 15.4. The molecule has 1 saturated heterocycles. The van der Waals surface area contributed by atoms with Gasteiger partial charge in [0.25, 0.3) is 0 Å². The summed E-state index contributed by atoms with van der Waals surface area (Å²) in [6.45, 7) is 7.17. The fraction of sp³-hybridized carbons (Fsp3) is 0.889. The third kappa shape index (κ3) is 3.69. The topological polar surface area (TPSA) is 41.3 Å². The second-order valence-corrected chi connectivity index (χ2v) is 6.84. The van der Waals surface area contributed by atoms with E-state index in [1.54, 1.807) is 5.57 Å². The summed E-state index contributed by atoms with van der Waals surface area (Å²) >= 11 is 0. The van der Waals surface area contributed by atoms with Crippen molar-refractivity contribution in [1.82, 2.24) is 10.3 Å². The summed E-state index contributed by atoms with van der Waals surface area (Å²) in [5.74, 6) is 6.08. The van der Waals surface area contributed by atoms with Gasteiger partial charge in [-0.1, -0.05) is 38.3 Å². The molecule has 122 valence electrons. The molecule has 0 spiro atoms. The first-order chi connectivity index (χ1) is 10.3. The molecule has 3 heteroatoms. The molecule has 2 aliphatic rings. The van der Waals surface area contributed by atoms with Crippen LogP contribution in [0.25, 0.3) is 0 Å². The first-order valence-corrected chi connectivity index (χ1v) is 9.18. The van der Waals surface area contributed by atoms with Crippen LogP contribution in [0.2, 0.25) is 0 Å². The second-order valence-electron chi connectivity index (χ2n) is 6.84. The Bertz CT molecular complexity index is 327. The number of allylic oxidation sites excluding steroid dienone is 1. The van der Waals surface area contributed by atoms with Gasteiger partial charge in [-0.05, 0) is 64.5 Å². The van der Waals surface area contributed by atoms with E-state index in [4.69, 9.17) is 5.84 Å². The molecule has 2 rings (SSSR count). The highest BCUT2D eigenvalue weighted by Crippen LogP contribution is 2.36. The van der Waals surface area contributed by atoms with E-state index in [2.05, 4.69) is 30.2 Å². The van der Waals surface area contributed by atoms with Crippen LogP contribution in [0.4, 0.5) is 0 Å². The lowest BCUT2D eigenvalue weighted by Crippen LogP contribution is -2.62. The molecule has 1 atom stereocenters. The van der Waals surface area contributed by atoms with Crippen molar-refractivity contribution >= 4 is 0 Å². The van der Waals surface area contributed by atoms with Gasteiger partial charge in [-0.15, -0.1) is 0 Å². The maximum absolute atomic E-state index is 6.08. The Morgan fingerprint density at radius 1 is 1.10 bits per heavy atom. The molecular formula is C18H35N3. The van der Waals surface area contributed by atoms with Crippen LogP contribution in [-0.2, 0) is 0 Å². The Morgan fingerprint density at radius 2 is 1.76 bits per heavy atom. The highest BCUT2D eigenvalue weighted by molar-refractivity contribution is 5.20. The van der Waals surface area contributed by atoms with Gasteiger partial charge in [0.05, 0.1) is 6.04 Å². The fourth-order valence-corrected chi connectivity index (χ4v) is 4.54. The smallest absolute Gasteiger partial charge is 0.0603 e. The molecule has 0 bridgehead atoms. The maximum Gasteiger partial charge on any atom is 0.0603 e. The molecule has 0 aromatic rings. The molecule has 1 aliphatic heterocycles. The van der Waals surface area contributed by atoms with Crippen LogP contribution in [0.5, 0.6) is 0 Å². The third-order valence-corrected chi connectivity index (χ3v) is 5.86. The monoisotopic (exact) mass is 293 g/mol. The fourth-order valence-electron chi connectivity index (χ4n) is 4.54. The molecule has 3 N–H and O–H groups in total. The van der Waals surface area contributed by atoms with Crippen LogP contribution in [0.1, 0.15) is 78.1 Å². The number of rotatable bonds is 6. The lowest BCUT2D eigenvalue weighted by Gasteiger charge is -2.47. The zero-order valence-corrected chi connectivity index (χ0v) is 14.2. The van der Waals surface area contributed by atoms with Gasteiger partial charge < -0.3 is 0 Å². The molecule has 1 unspecified atom stereocenters. The van der Waals surface area contributed by atoms with Crippen molar-refractivity contribution in [1.29, 1.82) is 0 Å². The number of nitrogens with one attached hydrogen (secondary N) is 1. The van der Waals surface area contributed by atoms with E-state index in [0.29, 0.717) is 6.04 Å². The number of hydrogen-bond acceptors (Lipinski definition) is 3. The third-order valence-electron chi connectivity index (χ3n) is 5.86. The highest BCUT2D eigenvalue weighted by atomic mass is 15.3. The van der Waals surface area contributed by atoms with Crippen LogP contribution in [0, 0.1) is 0 Å². The van der Waals surface area contributed by atoms with Crippen LogP contribution < -0.4 is 11.3 Å². The molecule has 0 amide bonds. The van der Waals surface area contributed by atoms with E-state index in [-0.39, 0.29) is 5.54 Å². The van der Waals surface area contributed by atoms with Crippen molar-refractivity contribution < 1.29 is 0 Å². The first kappa shape index (κ1) is 17.0. The molecular weight excluding hydrogens is 258 g/mol. The minimum absolute atomic E-state index is 0.205. The zero-order valence-electron chi connectivity index (χ0n) is 14.2. The summed E-state index contributed by atoms with van der Waals surface area (Å²) < 4.78 is 0. The van der Waals surface area contributed by atoms with Crippen LogP contribution >= 0.6 is 0 Å². The van der Waals surface area contributed by atoms with Crippen molar-refractivity contribution in [3.05, 3.63) is 11.6 Å². The van der Waals surface area contributed by atoms with Gasteiger partial charge >= 0.3 is 0 Å². The first-order valence-electron chi connectivity index (χ1n) is 9.18. The van der Waals surface area contributed by atoms with E-state index < -0.39 is 0 Å². The number of nitrogens with zero attached hydrogens (tertiary/aromatic N) is 1. The Hall–Kier alpha value is -0.380. The van der Waals surface area contributed by atoms with E-state index in [9.17, 15) is 0 Å². The molecule has 21 heavy (non-hydrogen) atoms.